The predicted octanol–water partition coefficient (Wildman–Crippen LogP) is 3.94. The average molecular weight is 318 g/mol. The Balaban J connectivity index is 1.83. The summed E-state index contributed by atoms with van der Waals surface area (Å²) < 4.78 is 5.76. The number of hydrogen-bond donors (Lipinski definition) is 1. The van der Waals surface area contributed by atoms with Crippen LogP contribution in [0.4, 0.5) is 0 Å². The molecule has 0 unspecified atom stereocenters. The van der Waals surface area contributed by atoms with Crippen LogP contribution in [-0.4, -0.2) is 6.61 Å². The standard InChI is InChI=1S/C22H23NO/c1-2-24-21-16-10-9-15-20(21)17-23-22(18-11-5-3-6-12-18)19-13-7-4-8-14-19/h3-16,22-23H,2,17H2,1H3/p+1. The monoisotopic (exact) mass is 318 g/mol. The highest BCUT2D eigenvalue weighted by molar-refractivity contribution is 5.33. The molecule has 0 radical (unpaired) electrons. The van der Waals surface area contributed by atoms with Gasteiger partial charge in [0.15, 0.2) is 0 Å². The van der Waals surface area contributed by atoms with Crippen LogP contribution in [-0.2, 0) is 6.54 Å². The molecule has 24 heavy (non-hydrogen) atoms. The van der Waals surface area contributed by atoms with Gasteiger partial charge in [-0.1, -0.05) is 72.8 Å². The van der Waals surface area contributed by atoms with Gasteiger partial charge in [0.25, 0.3) is 0 Å². The molecular formula is C22H24NO+. The van der Waals surface area contributed by atoms with Crippen LogP contribution in [0.3, 0.4) is 0 Å². The summed E-state index contributed by atoms with van der Waals surface area (Å²) in [6.07, 6.45) is 0. The molecule has 0 aromatic heterocycles. The summed E-state index contributed by atoms with van der Waals surface area (Å²) in [7, 11) is 0. The molecule has 0 aliphatic carbocycles. The SMILES string of the molecule is CCOc1ccccc1C[NH2+]C(c1ccccc1)c1ccccc1. The lowest BCUT2D eigenvalue weighted by atomic mass is 9.98. The largest absolute Gasteiger partial charge is 0.493 e. The van der Waals surface area contributed by atoms with Crippen LogP contribution < -0.4 is 10.1 Å². The fourth-order valence-electron chi connectivity index (χ4n) is 3.00. The number of para-hydroxylation sites is 1. The number of nitrogens with two attached hydrogens (primary N) is 1. The Labute approximate surface area is 144 Å². The zero-order valence-corrected chi connectivity index (χ0v) is 14.1. The fraction of sp³-hybridized carbons (Fsp3) is 0.182. The first-order valence-corrected chi connectivity index (χ1v) is 8.52. The molecule has 0 spiro atoms. The van der Waals surface area contributed by atoms with Gasteiger partial charge in [0.1, 0.15) is 18.3 Å². The molecule has 3 aromatic carbocycles. The van der Waals surface area contributed by atoms with Gasteiger partial charge in [-0.05, 0) is 19.1 Å². The number of ether oxygens (including phenoxy) is 1. The Morgan fingerprint density at radius 3 is 1.88 bits per heavy atom. The van der Waals surface area contributed by atoms with Crippen LogP contribution in [0.15, 0.2) is 84.9 Å². The zero-order chi connectivity index (χ0) is 16.6. The molecule has 0 saturated carbocycles. The number of quaternary nitrogens is 1. The molecule has 0 saturated heterocycles. The highest BCUT2D eigenvalue weighted by Gasteiger charge is 2.17. The van der Waals surface area contributed by atoms with Gasteiger partial charge in [0.2, 0.25) is 0 Å². The van der Waals surface area contributed by atoms with Gasteiger partial charge in [0, 0.05) is 16.7 Å². The molecule has 0 aliphatic rings. The van der Waals surface area contributed by atoms with Gasteiger partial charge >= 0.3 is 0 Å². The molecule has 3 aromatic rings. The molecular weight excluding hydrogens is 294 g/mol. The lowest BCUT2D eigenvalue weighted by Crippen LogP contribution is -2.83. The molecule has 2 nitrogen and oxygen atoms in total. The first kappa shape index (κ1) is 16.3. The Morgan fingerprint density at radius 2 is 1.29 bits per heavy atom. The minimum Gasteiger partial charge on any atom is -0.493 e. The Hall–Kier alpha value is -2.58. The van der Waals surface area contributed by atoms with Crippen molar-refractivity contribution in [3.8, 4) is 5.75 Å². The molecule has 2 N–H and O–H groups in total. The summed E-state index contributed by atoms with van der Waals surface area (Å²) in [6, 6.07) is 29.9. The van der Waals surface area contributed by atoms with Gasteiger partial charge in [-0.25, -0.2) is 0 Å². The predicted molar refractivity (Wildman–Crippen MR) is 98.0 cm³/mol. The Kier molecular flexibility index (Phi) is 5.65. The lowest BCUT2D eigenvalue weighted by molar-refractivity contribution is -0.702. The smallest absolute Gasteiger partial charge is 0.138 e. The van der Waals surface area contributed by atoms with Crippen molar-refractivity contribution < 1.29 is 10.1 Å². The molecule has 0 atom stereocenters. The van der Waals surface area contributed by atoms with E-state index in [2.05, 4.69) is 78.1 Å². The normalized spacial score (nSPS) is 10.8. The second-order valence-corrected chi connectivity index (χ2v) is 5.78. The van der Waals surface area contributed by atoms with Crippen molar-refractivity contribution in [3.63, 3.8) is 0 Å². The molecule has 0 heterocycles. The Bertz CT molecular complexity index is 701. The molecule has 2 heteroatoms. The number of hydrogen-bond acceptors (Lipinski definition) is 1. The van der Waals surface area contributed by atoms with E-state index in [1.54, 1.807) is 0 Å². The number of rotatable bonds is 7. The van der Waals surface area contributed by atoms with Crippen molar-refractivity contribution >= 4 is 0 Å². The van der Waals surface area contributed by atoms with Crippen LogP contribution in [0.5, 0.6) is 5.75 Å². The van der Waals surface area contributed by atoms with Gasteiger partial charge in [-0.3, -0.25) is 0 Å². The Morgan fingerprint density at radius 1 is 0.750 bits per heavy atom. The van der Waals surface area contributed by atoms with Crippen molar-refractivity contribution in [3.05, 3.63) is 102 Å². The van der Waals surface area contributed by atoms with Crippen molar-refractivity contribution in [1.29, 1.82) is 0 Å². The van der Waals surface area contributed by atoms with Gasteiger partial charge in [-0.2, -0.15) is 0 Å². The van der Waals surface area contributed by atoms with E-state index >= 15 is 0 Å². The zero-order valence-electron chi connectivity index (χ0n) is 14.1. The van der Waals surface area contributed by atoms with Gasteiger partial charge < -0.3 is 10.1 Å². The van der Waals surface area contributed by atoms with Gasteiger partial charge in [-0.15, -0.1) is 0 Å². The maximum absolute atomic E-state index is 5.76. The lowest BCUT2D eigenvalue weighted by Gasteiger charge is -2.18. The van der Waals surface area contributed by atoms with E-state index in [0.717, 1.165) is 12.3 Å². The molecule has 0 aliphatic heterocycles. The first-order chi connectivity index (χ1) is 11.9. The fourth-order valence-corrected chi connectivity index (χ4v) is 3.00. The van der Waals surface area contributed by atoms with E-state index in [9.17, 15) is 0 Å². The van der Waals surface area contributed by atoms with E-state index in [-0.39, 0.29) is 6.04 Å². The second-order valence-electron chi connectivity index (χ2n) is 5.78. The van der Waals surface area contributed by atoms with Crippen molar-refractivity contribution in [1.82, 2.24) is 0 Å². The molecule has 3 rings (SSSR count). The summed E-state index contributed by atoms with van der Waals surface area (Å²) in [4.78, 5) is 0. The maximum Gasteiger partial charge on any atom is 0.138 e. The first-order valence-electron chi connectivity index (χ1n) is 8.52. The number of benzene rings is 3. The summed E-state index contributed by atoms with van der Waals surface area (Å²) in [5.41, 5.74) is 3.87. The van der Waals surface area contributed by atoms with Crippen LogP contribution in [0, 0.1) is 0 Å². The quantitative estimate of drug-likeness (QED) is 0.701. The molecule has 0 fully saturated rings. The summed E-state index contributed by atoms with van der Waals surface area (Å²) in [5.74, 6) is 0.983. The third-order valence-corrected chi connectivity index (χ3v) is 4.16. The van der Waals surface area contributed by atoms with E-state index < -0.39 is 0 Å². The highest BCUT2D eigenvalue weighted by atomic mass is 16.5. The minimum absolute atomic E-state index is 0.280. The minimum atomic E-state index is 0.280. The summed E-state index contributed by atoms with van der Waals surface area (Å²) in [6.45, 7) is 3.60. The van der Waals surface area contributed by atoms with Crippen molar-refractivity contribution in [2.24, 2.45) is 0 Å². The van der Waals surface area contributed by atoms with Crippen LogP contribution in [0.2, 0.25) is 0 Å². The van der Waals surface area contributed by atoms with E-state index in [1.165, 1.54) is 16.7 Å². The second kappa shape index (κ2) is 8.32. The van der Waals surface area contributed by atoms with Crippen LogP contribution >= 0.6 is 0 Å². The van der Waals surface area contributed by atoms with Gasteiger partial charge in [0.05, 0.1) is 6.61 Å². The molecule has 122 valence electrons. The third kappa shape index (κ3) is 4.03. The van der Waals surface area contributed by atoms with E-state index in [4.69, 9.17) is 4.74 Å². The van der Waals surface area contributed by atoms with Crippen molar-refractivity contribution in [2.75, 3.05) is 6.61 Å². The van der Waals surface area contributed by atoms with E-state index in [0.29, 0.717) is 6.61 Å². The van der Waals surface area contributed by atoms with Crippen LogP contribution in [0.1, 0.15) is 29.7 Å². The summed E-state index contributed by atoms with van der Waals surface area (Å²) in [5, 5.41) is 2.38. The van der Waals surface area contributed by atoms with E-state index in [1.807, 2.05) is 19.1 Å². The molecule has 0 amide bonds. The maximum atomic E-state index is 5.76. The highest BCUT2D eigenvalue weighted by Crippen LogP contribution is 2.20. The van der Waals surface area contributed by atoms with Crippen LogP contribution in [0.25, 0.3) is 0 Å². The topological polar surface area (TPSA) is 25.8 Å². The molecule has 0 bridgehead atoms. The third-order valence-electron chi connectivity index (χ3n) is 4.16. The average Bonchev–Trinajstić information content (AvgIpc) is 2.65. The van der Waals surface area contributed by atoms with Crippen molar-refractivity contribution in [2.45, 2.75) is 19.5 Å². The summed E-state index contributed by atoms with van der Waals surface area (Å²) >= 11 is 0.